The van der Waals surface area contributed by atoms with Crippen molar-refractivity contribution in [3.8, 4) is 0 Å². The van der Waals surface area contributed by atoms with Gasteiger partial charge in [-0.3, -0.25) is 9.59 Å². The molecule has 0 aliphatic heterocycles. The zero-order chi connectivity index (χ0) is 14.0. The molecule has 7 N–H and O–H groups in total. The zero-order valence-corrected chi connectivity index (χ0v) is 10.8. The van der Waals surface area contributed by atoms with E-state index in [9.17, 15) is 9.59 Å². The summed E-state index contributed by atoms with van der Waals surface area (Å²) in [5.74, 6) is -1.90. The number of amides is 1. The summed E-state index contributed by atoms with van der Waals surface area (Å²) in [5.41, 5.74) is 16.3. The summed E-state index contributed by atoms with van der Waals surface area (Å²) in [6, 6.07) is -0.367. The number of carbonyl (C=O) groups excluding carboxylic acids is 1. The van der Waals surface area contributed by atoms with Crippen LogP contribution in [0, 0.1) is 5.92 Å². The van der Waals surface area contributed by atoms with E-state index in [4.69, 9.17) is 22.3 Å². The minimum atomic E-state index is -0.897. The summed E-state index contributed by atoms with van der Waals surface area (Å²) < 4.78 is 0. The molecule has 0 bridgehead atoms. The molecule has 0 heterocycles. The van der Waals surface area contributed by atoms with Gasteiger partial charge in [0.05, 0.1) is 5.92 Å². The predicted molar refractivity (Wildman–Crippen MR) is 69.7 cm³/mol. The van der Waals surface area contributed by atoms with E-state index in [-0.39, 0.29) is 12.5 Å². The van der Waals surface area contributed by atoms with Crippen LogP contribution in [0.15, 0.2) is 0 Å². The molecule has 0 aliphatic carbocycles. The fraction of sp³-hybridized carbons (Fsp3) is 0.833. The third-order valence-electron chi connectivity index (χ3n) is 3.01. The van der Waals surface area contributed by atoms with Crippen molar-refractivity contribution in [1.29, 1.82) is 0 Å². The molecule has 1 amide bonds. The first-order valence-corrected chi connectivity index (χ1v) is 6.45. The van der Waals surface area contributed by atoms with Gasteiger partial charge in [-0.05, 0) is 32.2 Å². The molecule has 6 nitrogen and oxygen atoms in total. The number of primary amides is 1. The lowest BCUT2D eigenvalue weighted by molar-refractivity contribution is -0.143. The highest BCUT2D eigenvalue weighted by molar-refractivity contribution is 5.74. The van der Waals surface area contributed by atoms with Crippen LogP contribution in [0.1, 0.15) is 44.9 Å². The first-order valence-electron chi connectivity index (χ1n) is 6.45. The van der Waals surface area contributed by atoms with Crippen LogP contribution in [-0.4, -0.2) is 29.6 Å². The average Bonchev–Trinajstić information content (AvgIpc) is 2.29. The van der Waals surface area contributed by atoms with Crippen molar-refractivity contribution in [3.63, 3.8) is 0 Å². The lowest BCUT2D eigenvalue weighted by Crippen LogP contribution is -2.35. The van der Waals surface area contributed by atoms with Gasteiger partial charge in [0.15, 0.2) is 0 Å². The number of carboxylic acid groups (broad SMARTS) is 1. The molecule has 0 spiro atoms. The Balaban J connectivity index is 3.99. The maximum Gasteiger partial charge on any atom is 0.308 e. The molecule has 0 aliphatic rings. The van der Waals surface area contributed by atoms with Crippen LogP contribution in [0.5, 0.6) is 0 Å². The lowest BCUT2D eigenvalue weighted by Gasteiger charge is -2.19. The second-order valence-electron chi connectivity index (χ2n) is 4.61. The van der Waals surface area contributed by atoms with E-state index in [2.05, 4.69) is 0 Å². The third-order valence-corrected chi connectivity index (χ3v) is 3.01. The third kappa shape index (κ3) is 8.03. The second kappa shape index (κ2) is 9.85. The predicted octanol–water partition coefficient (Wildman–Crippen LogP) is 0.189. The van der Waals surface area contributed by atoms with Gasteiger partial charge in [-0.2, -0.15) is 0 Å². The molecular formula is C12H25N3O3. The fourth-order valence-electron chi connectivity index (χ4n) is 1.92. The molecule has 0 radical (unpaired) electrons. The summed E-state index contributed by atoms with van der Waals surface area (Å²) in [6.45, 7) is 0.649. The maximum absolute atomic E-state index is 11.1. The standard InChI is InChI=1S/C12H25N3O3/c13-8-3-1-2-6-10(14)9(12(17)18)5-4-7-11(15)16/h9-10H,1-8,13-14H2,(H2,15,16)(H,17,18). The van der Waals surface area contributed by atoms with Crippen LogP contribution in [0.3, 0.4) is 0 Å². The van der Waals surface area contributed by atoms with E-state index in [0.717, 1.165) is 19.3 Å². The molecule has 2 atom stereocenters. The molecule has 0 saturated carbocycles. The summed E-state index contributed by atoms with van der Waals surface area (Å²) in [6.07, 6.45) is 4.55. The second-order valence-corrected chi connectivity index (χ2v) is 4.61. The van der Waals surface area contributed by atoms with Gasteiger partial charge in [0.1, 0.15) is 0 Å². The quantitative estimate of drug-likeness (QED) is 0.393. The monoisotopic (exact) mass is 259 g/mol. The zero-order valence-electron chi connectivity index (χ0n) is 10.8. The van der Waals surface area contributed by atoms with Crippen molar-refractivity contribution in [2.45, 2.75) is 51.0 Å². The van der Waals surface area contributed by atoms with Crippen molar-refractivity contribution in [3.05, 3.63) is 0 Å². The van der Waals surface area contributed by atoms with Crippen molar-refractivity contribution < 1.29 is 14.7 Å². The number of unbranched alkanes of at least 4 members (excludes halogenated alkanes) is 2. The number of aliphatic carboxylic acids is 1. The highest BCUT2D eigenvalue weighted by atomic mass is 16.4. The molecule has 0 aromatic rings. The van der Waals surface area contributed by atoms with Crippen LogP contribution in [0.2, 0.25) is 0 Å². The lowest BCUT2D eigenvalue weighted by atomic mass is 9.90. The Morgan fingerprint density at radius 2 is 1.72 bits per heavy atom. The van der Waals surface area contributed by atoms with Crippen molar-refractivity contribution in [1.82, 2.24) is 0 Å². The fourth-order valence-corrected chi connectivity index (χ4v) is 1.92. The molecule has 0 fully saturated rings. The summed E-state index contributed by atoms with van der Waals surface area (Å²) >= 11 is 0. The van der Waals surface area contributed by atoms with E-state index < -0.39 is 17.8 Å². The SMILES string of the molecule is NCCCCCC(N)C(CCCC(N)=O)C(=O)O. The van der Waals surface area contributed by atoms with Crippen LogP contribution >= 0.6 is 0 Å². The number of nitrogens with two attached hydrogens (primary N) is 3. The van der Waals surface area contributed by atoms with E-state index in [1.165, 1.54) is 0 Å². The number of carboxylic acids is 1. The van der Waals surface area contributed by atoms with Gasteiger partial charge in [-0.15, -0.1) is 0 Å². The Morgan fingerprint density at radius 3 is 2.22 bits per heavy atom. The smallest absolute Gasteiger partial charge is 0.308 e. The van der Waals surface area contributed by atoms with Gasteiger partial charge in [0.2, 0.25) is 5.91 Å². The summed E-state index contributed by atoms with van der Waals surface area (Å²) in [5, 5.41) is 9.10. The number of hydrogen-bond donors (Lipinski definition) is 4. The Morgan fingerprint density at radius 1 is 1.06 bits per heavy atom. The molecule has 2 unspecified atom stereocenters. The number of carbonyl (C=O) groups is 2. The van der Waals surface area contributed by atoms with Gasteiger partial charge in [0, 0.05) is 12.5 Å². The first-order chi connectivity index (χ1) is 8.49. The molecule has 0 rings (SSSR count). The van der Waals surface area contributed by atoms with Crippen LogP contribution < -0.4 is 17.2 Å². The molecule has 0 saturated heterocycles. The van der Waals surface area contributed by atoms with E-state index in [0.29, 0.717) is 25.8 Å². The largest absolute Gasteiger partial charge is 0.481 e. The number of hydrogen-bond acceptors (Lipinski definition) is 4. The highest BCUT2D eigenvalue weighted by Gasteiger charge is 2.24. The van der Waals surface area contributed by atoms with Gasteiger partial charge in [0.25, 0.3) is 0 Å². The first kappa shape index (κ1) is 16.9. The summed E-state index contributed by atoms with van der Waals surface area (Å²) in [7, 11) is 0. The molecule has 106 valence electrons. The molecular weight excluding hydrogens is 234 g/mol. The van der Waals surface area contributed by atoms with Gasteiger partial charge < -0.3 is 22.3 Å². The Hall–Kier alpha value is -1.14. The van der Waals surface area contributed by atoms with E-state index >= 15 is 0 Å². The van der Waals surface area contributed by atoms with Crippen molar-refractivity contribution in [2.24, 2.45) is 23.1 Å². The van der Waals surface area contributed by atoms with E-state index in [1.54, 1.807) is 0 Å². The van der Waals surface area contributed by atoms with Crippen LogP contribution in [-0.2, 0) is 9.59 Å². The molecule has 6 heteroatoms. The van der Waals surface area contributed by atoms with Gasteiger partial charge in [-0.1, -0.05) is 12.8 Å². The minimum absolute atomic E-state index is 0.212. The Bertz CT molecular complexity index is 259. The average molecular weight is 259 g/mol. The molecule has 0 aromatic carbocycles. The molecule has 0 aromatic heterocycles. The van der Waals surface area contributed by atoms with Crippen molar-refractivity contribution >= 4 is 11.9 Å². The highest BCUT2D eigenvalue weighted by Crippen LogP contribution is 2.16. The van der Waals surface area contributed by atoms with Gasteiger partial charge in [-0.25, -0.2) is 0 Å². The normalized spacial score (nSPS) is 14.1. The summed E-state index contributed by atoms with van der Waals surface area (Å²) in [4.78, 5) is 21.7. The maximum atomic E-state index is 11.1. The number of rotatable bonds is 11. The molecule has 18 heavy (non-hydrogen) atoms. The topological polar surface area (TPSA) is 132 Å². The Kier molecular flexibility index (Phi) is 9.22. The van der Waals surface area contributed by atoms with Crippen LogP contribution in [0.4, 0.5) is 0 Å². The van der Waals surface area contributed by atoms with Crippen LogP contribution in [0.25, 0.3) is 0 Å². The van der Waals surface area contributed by atoms with E-state index in [1.807, 2.05) is 0 Å². The Labute approximate surface area is 108 Å². The van der Waals surface area contributed by atoms with Gasteiger partial charge >= 0.3 is 5.97 Å². The minimum Gasteiger partial charge on any atom is -0.481 e. The van der Waals surface area contributed by atoms with Crippen molar-refractivity contribution in [2.75, 3.05) is 6.54 Å².